The fraction of sp³-hybridized carbons (Fsp3) is 0.545. The maximum atomic E-state index is 3.40. The second-order valence-electron chi connectivity index (χ2n) is 7.91. The number of hydrogen-bond donors (Lipinski definition) is 0. The summed E-state index contributed by atoms with van der Waals surface area (Å²) in [5.41, 5.74) is 3.25. The Morgan fingerprint density at radius 3 is 1.04 bits per heavy atom. The van der Waals surface area contributed by atoms with Crippen molar-refractivity contribution in [1.82, 2.24) is 0 Å². The molecule has 2 rings (SSSR count). The molecule has 0 saturated heterocycles. The van der Waals surface area contributed by atoms with Crippen LogP contribution in [0.4, 0.5) is 0 Å². The number of hydrogen-bond acceptors (Lipinski definition) is 0. The van der Waals surface area contributed by atoms with Crippen LogP contribution in [0.25, 0.3) is 0 Å². The zero-order valence-corrected chi connectivity index (χ0v) is 24.0. The average molecular weight is 495 g/mol. The Balaban J connectivity index is -0.0000000904. The van der Waals surface area contributed by atoms with E-state index in [1.807, 2.05) is 6.88 Å². The van der Waals surface area contributed by atoms with E-state index >= 15 is 0 Å². The summed E-state index contributed by atoms with van der Waals surface area (Å²) in [6.07, 6.45) is 15.6. The van der Waals surface area contributed by atoms with Gasteiger partial charge in [-0.15, -0.1) is 24.8 Å². The van der Waals surface area contributed by atoms with Crippen LogP contribution >= 0.6 is 24.8 Å². The summed E-state index contributed by atoms with van der Waals surface area (Å²) in [5.74, 6) is 1.04. The Morgan fingerprint density at radius 1 is 0.731 bits per heavy atom. The van der Waals surface area contributed by atoms with Crippen molar-refractivity contribution in [3.63, 3.8) is 0 Å². The van der Waals surface area contributed by atoms with Crippen LogP contribution in [0.5, 0.6) is 0 Å². The fourth-order valence-electron chi connectivity index (χ4n) is 2.10. The van der Waals surface area contributed by atoms with Crippen LogP contribution in [-0.4, -0.2) is 6.88 Å². The molecule has 0 nitrogen and oxygen atoms in total. The van der Waals surface area contributed by atoms with E-state index in [0.29, 0.717) is 11.8 Å². The standard InChI is InChI=1S/2C10H15.2CH3.2ClH.H2Si.Zr/c2*1-8-5-6-9(7-8)10(2,3)4;;;;;;/h2*5-6,8H,1-4H3;2*1H3;2*1H;1H2;/q4*-1;;;;. The van der Waals surface area contributed by atoms with Gasteiger partial charge in [-0.1, -0.05) is 67.2 Å². The van der Waals surface area contributed by atoms with Gasteiger partial charge in [-0.05, 0) is 10.8 Å². The molecule has 0 fully saturated rings. The molecule has 0 aromatic heterocycles. The zero-order chi connectivity index (χ0) is 17.6. The van der Waals surface area contributed by atoms with Crippen LogP contribution in [0.15, 0.2) is 35.5 Å². The molecule has 0 aromatic rings. The molecule has 0 spiro atoms. The molecule has 2 aliphatic carbocycles. The molecule has 2 unspecified atom stereocenters. The van der Waals surface area contributed by atoms with Gasteiger partial charge in [-0.3, -0.25) is 12.2 Å². The predicted octanol–water partition coefficient (Wildman–Crippen LogP) is 6.76. The fourth-order valence-corrected chi connectivity index (χ4v) is 2.10. The van der Waals surface area contributed by atoms with Crippen molar-refractivity contribution in [2.45, 2.75) is 55.4 Å². The quantitative estimate of drug-likeness (QED) is 0.258. The van der Waals surface area contributed by atoms with Gasteiger partial charge in [-0.2, -0.15) is 12.2 Å². The summed E-state index contributed by atoms with van der Waals surface area (Å²) < 4.78 is 0. The van der Waals surface area contributed by atoms with Gasteiger partial charge in [0.15, 0.2) is 0 Å². The first kappa shape index (κ1) is 37.4. The molecule has 0 aliphatic heterocycles. The van der Waals surface area contributed by atoms with E-state index in [-0.39, 0.29) is 50.5 Å². The van der Waals surface area contributed by atoms with Gasteiger partial charge in [0, 0.05) is 0 Å². The average Bonchev–Trinajstić information content (AvgIpc) is 3.00. The monoisotopic (exact) mass is 492 g/mol. The summed E-state index contributed by atoms with van der Waals surface area (Å²) in [7, 11) is 0. The third-order valence-electron chi connectivity index (χ3n) is 3.49. The minimum absolute atomic E-state index is 0. The second-order valence-corrected chi connectivity index (χ2v) is 7.91. The molecular weight excluding hydrogens is 454 g/mol. The van der Waals surface area contributed by atoms with Crippen LogP contribution in [0, 0.1) is 49.7 Å². The molecule has 0 heterocycles. The first-order chi connectivity index (χ1) is 10.00. The molecule has 26 heavy (non-hydrogen) atoms. The maximum absolute atomic E-state index is 3.40. The van der Waals surface area contributed by atoms with Gasteiger partial charge in [-0.25, -0.2) is 23.3 Å². The Bertz CT molecular complexity index is 433. The normalized spacial score (nSPS) is 19.5. The molecule has 4 heteroatoms. The predicted molar refractivity (Wildman–Crippen MR) is 125 cm³/mol. The summed E-state index contributed by atoms with van der Waals surface area (Å²) in [6, 6.07) is 0. The molecule has 0 bridgehead atoms. The summed E-state index contributed by atoms with van der Waals surface area (Å²) in [6.45, 7) is 19.6. The number of halogens is 2. The van der Waals surface area contributed by atoms with Gasteiger partial charge < -0.3 is 14.9 Å². The van der Waals surface area contributed by atoms with Crippen molar-refractivity contribution in [3.05, 3.63) is 62.5 Å². The van der Waals surface area contributed by atoms with Crippen LogP contribution in [0.2, 0.25) is 0 Å². The topological polar surface area (TPSA) is 0 Å². The van der Waals surface area contributed by atoms with Crippen LogP contribution < -0.4 is 0 Å². The number of allylic oxidation sites excluding steroid dienone is 8. The summed E-state index contributed by atoms with van der Waals surface area (Å²) in [4.78, 5) is 0. The van der Waals surface area contributed by atoms with Gasteiger partial charge in [0.2, 0.25) is 0 Å². The van der Waals surface area contributed by atoms with Crippen molar-refractivity contribution in [3.8, 4) is 0 Å². The van der Waals surface area contributed by atoms with Crippen molar-refractivity contribution < 1.29 is 23.3 Å². The molecule has 0 saturated carbocycles. The van der Waals surface area contributed by atoms with Gasteiger partial charge in [0.1, 0.15) is 0 Å². The first-order valence-corrected chi connectivity index (χ1v) is 13.9. The van der Waals surface area contributed by atoms with Crippen LogP contribution in [-0.2, 0) is 23.3 Å². The zero-order valence-electron chi connectivity index (χ0n) is 18.5. The molecule has 2 atom stereocenters. The van der Waals surface area contributed by atoms with E-state index in [1.165, 1.54) is 11.1 Å². The molecule has 0 N–H and O–H groups in total. The van der Waals surface area contributed by atoms with Crippen molar-refractivity contribution >= 4 is 31.7 Å². The third kappa shape index (κ3) is 14.7. The van der Waals surface area contributed by atoms with Gasteiger partial charge in [0.05, 0.1) is 0 Å². The third-order valence-corrected chi connectivity index (χ3v) is 3.49. The molecule has 0 aromatic carbocycles. The Hall–Kier alpha value is 0.640. The van der Waals surface area contributed by atoms with Crippen molar-refractivity contribution in [2.75, 3.05) is 0 Å². The molecule has 0 radical (unpaired) electrons. The van der Waals surface area contributed by atoms with E-state index in [0.717, 1.165) is 0 Å². The molecule has 2 aliphatic rings. The van der Waals surface area contributed by atoms with E-state index in [1.54, 1.807) is 23.3 Å². The minimum atomic E-state index is 0. The van der Waals surface area contributed by atoms with E-state index in [9.17, 15) is 0 Å². The van der Waals surface area contributed by atoms with E-state index < -0.39 is 0 Å². The molecular formula is C22H40Cl2SiZr-4. The van der Waals surface area contributed by atoms with Crippen LogP contribution in [0.3, 0.4) is 0 Å². The van der Waals surface area contributed by atoms with E-state index in [2.05, 4.69) is 91.8 Å². The van der Waals surface area contributed by atoms with Gasteiger partial charge >= 0.3 is 30.2 Å². The Kier molecular flexibility index (Phi) is 23.9. The Morgan fingerprint density at radius 2 is 0.962 bits per heavy atom. The summed E-state index contributed by atoms with van der Waals surface area (Å²) in [5, 5.41) is 0. The van der Waals surface area contributed by atoms with E-state index in [4.69, 9.17) is 0 Å². The van der Waals surface area contributed by atoms with Crippen molar-refractivity contribution in [2.24, 2.45) is 22.7 Å². The number of rotatable bonds is 0. The van der Waals surface area contributed by atoms with Crippen LogP contribution in [0.1, 0.15) is 55.4 Å². The van der Waals surface area contributed by atoms with Gasteiger partial charge in [0.25, 0.3) is 0 Å². The molecule has 0 amide bonds. The Labute approximate surface area is 194 Å². The van der Waals surface area contributed by atoms with Crippen molar-refractivity contribution in [1.29, 1.82) is 0 Å². The molecule has 154 valence electrons. The SMILES string of the molecule is CC1[C-]=C(C(C)(C)C)C=C1.CC1[C-]=C(C(C)(C)C)C=C1.Cl.Cl.[CH3-].[CH3-].[SiH2]=[Zr]. The second kappa shape index (κ2) is 16.6. The summed E-state index contributed by atoms with van der Waals surface area (Å²) >= 11 is 1.58. The first-order valence-electron chi connectivity index (χ1n) is 8.00.